The zero-order chi connectivity index (χ0) is 13.4. The molecule has 5 heteroatoms. The number of thioether (sulfide) groups is 1. The summed E-state index contributed by atoms with van der Waals surface area (Å²) in [6.07, 6.45) is 4.07. The van der Waals surface area contributed by atoms with Gasteiger partial charge in [-0.15, -0.1) is 11.8 Å². The van der Waals surface area contributed by atoms with Crippen molar-refractivity contribution in [2.24, 2.45) is 4.99 Å². The van der Waals surface area contributed by atoms with Gasteiger partial charge in [0.2, 0.25) is 0 Å². The van der Waals surface area contributed by atoms with Gasteiger partial charge in [-0.2, -0.15) is 4.99 Å². The molecule has 0 aromatic carbocycles. The minimum absolute atomic E-state index is 0.342. The Kier molecular flexibility index (Phi) is 6.94. The molecular weight excluding hydrogens is 266 g/mol. The summed E-state index contributed by atoms with van der Waals surface area (Å²) < 4.78 is 5.07. The smallest absolute Gasteiger partial charge is 0.341 e. The highest BCUT2D eigenvalue weighted by Crippen LogP contribution is 2.31. The fourth-order valence-electron chi connectivity index (χ4n) is 1.70. The van der Waals surface area contributed by atoms with Crippen molar-refractivity contribution in [1.29, 1.82) is 0 Å². The lowest BCUT2D eigenvalue weighted by Crippen LogP contribution is -2.11. The van der Waals surface area contributed by atoms with Gasteiger partial charge in [0.15, 0.2) is 0 Å². The van der Waals surface area contributed by atoms with Gasteiger partial charge in [-0.3, -0.25) is 0 Å². The maximum atomic E-state index is 12.0. The summed E-state index contributed by atoms with van der Waals surface area (Å²) in [4.78, 5) is 16.0. The number of thiocarbonyl (C=S) groups is 1. The number of ether oxygens (including phenoxy) is 1. The lowest BCUT2D eigenvalue weighted by molar-refractivity contribution is -0.138. The fourth-order valence-corrected chi connectivity index (χ4v) is 2.87. The Labute approximate surface area is 117 Å². The molecule has 0 spiro atoms. The predicted octanol–water partition coefficient (Wildman–Crippen LogP) is 3.73. The fraction of sp³-hybridized carbons (Fsp3) is 0.538. The van der Waals surface area contributed by atoms with Gasteiger partial charge in [-0.25, -0.2) is 4.79 Å². The Morgan fingerprint density at radius 3 is 3.00 bits per heavy atom. The van der Waals surface area contributed by atoms with Crippen LogP contribution in [0.5, 0.6) is 0 Å². The van der Waals surface area contributed by atoms with Gasteiger partial charge >= 0.3 is 5.97 Å². The highest BCUT2D eigenvalue weighted by atomic mass is 32.2. The molecule has 0 N–H and O–H groups in total. The molecule has 1 aliphatic rings. The Morgan fingerprint density at radius 2 is 2.33 bits per heavy atom. The van der Waals surface area contributed by atoms with Crippen LogP contribution in [0.3, 0.4) is 0 Å². The summed E-state index contributed by atoms with van der Waals surface area (Å²) >= 11 is 6.17. The number of isothiocyanates is 1. The highest BCUT2D eigenvalue weighted by Gasteiger charge is 2.21. The van der Waals surface area contributed by atoms with Gasteiger partial charge in [0.25, 0.3) is 0 Å². The molecule has 1 aliphatic heterocycles. The standard InChI is InChI=1S/C13H17NO2S2/c1-3-16-13(15)11-10(2)7-5-4-6-8-18-12(11)14-9-17/h2-8H2,1H3. The normalized spacial score (nSPS) is 17.3. The molecule has 0 aromatic heterocycles. The van der Waals surface area contributed by atoms with E-state index in [1.165, 1.54) is 11.8 Å². The van der Waals surface area contributed by atoms with Gasteiger partial charge in [0, 0.05) is 0 Å². The monoisotopic (exact) mass is 283 g/mol. The van der Waals surface area contributed by atoms with Crippen molar-refractivity contribution in [3.63, 3.8) is 0 Å². The molecule has 0 aromatic rings. The van der Waals surface area contributed by atoms with Crippen molar-refractivity contribution < 1.29 is 9.53 Å². The molecule has 0 aliphatic carbocycles. The van der Waals surface area contributed by atoms with Crippen molar-refractivity contribution in [3.05, 3.63) is 22.8 Å². The summed E-state index contributed by atoms with van der Waals surface area (Å²) in [5.41, 5.74) is 1.26. The van der Waals surface area contributed by atoms with E-state index >= 15 is 0 Å². The number of hydrogen-bond acceptors (Lipinski definition) is 5. The van der Waals surface area contributed by atoms with Crippen LogP contribution in [0.25, 0.3) is 0 Å². The van der Waals surface area contributed by atoms with E-state index in [9.17, 15) is 4.79 Å². The number of aliphatic imine (C=N–C) groups is 1. The van der Waals surface area contributed by atoms with Crippen molar-refractivity contribution in [2.45, 2.75) is 32.6 Å². The summed E-state index contributed by atoms with van der Waals surface area (Å²) in [7, 11) is 0. The Balaban J connectivity index is 3.13. The summed E-state index contributed by atoms with van der Waals surface area (Å²) in [5.74, 6) is 0.562. The molecule has 0 bridgehead atoms. The van der Waals surface area contributed by atoms with E-state index in [4.69, 9.17) is 4.74 Å². The molecule has 0 radical (unpaired) electrons. The average Bonchev–Trinajstić information content (AvgIpc) is 2.41. The third kappa shape index (κ3) is 4.41. The number of esters is 1. The van der Waals surface area contributed by atoms with Crippen LogP contribution >= 0.6 is 24.0 Å². The van der Waals surface area contributed by atoms with Gasteiger partial charge < -0.3 is 4.74 Å². The van der Waals surface area contributed by atoms with E-state index < -0.39 is 0 Å². The molecular formula is C13H17NO2S2. The van der Waals surface area contributed by atoms with Gasteiger partial charge in [0.05, 0.1) is 17.3 Å². The number of nitrogens with zero attached hydrogens (tertiary/aromatic N) is 1. The number of carbonyl (C=O) groups excluding carboxylic acids is 1. The van der Waals surface area contributed by atoms with E-state index in [0.717, 1.165) is 37.0 Å². The van der Waals surface area contributed by atoms with Crippen LogP contribution in [0.1, 0.15) is 32.6 Å². The Morgan fingerprint density at radius 1 is 1.56 bits per heavy atom. The van der Waals surface area contributed by atoms with Crippen molar-refractivity contribution in [2.75, 3.05) is 12.4 Å². The topological polar surface area (TPSA) is 38.7 Å². The van der Waals surface area contributed by atoms with Crippen LogP contribution in [0.2, 0.25) is 0 Å². The first-order valence-electron chi connectivity index (χ1n) is 6.01. The predicted molar refractivity (Wildman–Crippen MR) is 78.8 cm³/mol. The molecule has 0 saturated heterocycles. The van der Waals surface area contributed by atoms with E-state index in [1.807, 2.05) is 0 Å². The van der Waals surface area contributed by atoms with Crippen LogP contribution in [-0.2, 0) is 9.53 Å². The van der Waals surface area contributed by atoms with Gasteiger partial charge in [-0.05, 0) is 49.7 Å². The molecule has 98 valence electrons. The number of carbonyl (C=O) groups is 1. The highest BCUT2D eigenvalue weighted by molar-refractivity contribution is 8.03. The quantitative estimate of drug-likeness (QED) is 0.449. The molecule has 0 fully saturated rings. The molecule has 0 amide bonds. The van der Waals surface area contributed by atoms with Crippen LogP contribution in [-0.4, -0.2) is 23.5 Å². The third-order valence-electron chi connectivity index (χ3n) is 2.56. The van der Waals surface area contributed by atoms with E-state index in [2.05, 4.69) is 29.0 Å². The second-order valence-electron chi connectivity index (χ2n) is 3.87. The molecule has 1 rings (SSSR count). The molecule has 1 heterocycles. The van der Waals surface area contributed by atoms with Crippen LogP contribution in [0.4, 0.5) is 0 Å². The third-order valence-corrected chi connectivity index (χ3v) is 3.71. The van der Waals surface area contributed by atoms with Crippen LogP contribution < -0.4 is 0 Å². The summed E-state index contributed by atoms with van der Waals surface area (Å²) in [5, 5.41) is 2.93. The minimum Gasteiger partial charge on any atom is -0.462 e. The first kappa shape index (κ1) is 15.2. The van der Waals surface area contributed by atoms with Crippen LogP contribution in [0.15, 0.2) is 27.7 Å². The maximum Gasteiger partial charge on any atom is 0.341 e. The van der Waals surface area contributed by atoms with Gasteiger partial charge in [-0.1, -0.05) is 13.0 Å². The molecule has 0 saturated carbocycles. The summed E-state index contributed by atoms with van der Waals surface area (Å²) in [6.45, 7) is 6.11. The lowest BCUT2D eigenvalue weighted by atomic mass is 10.0. The Bertz CT molecular complexity index is 409. The molecule has 3 nitrogen and oxygen atoms in total. The van der Waals surface area contributed by atoms with Crippen molar-refractivity contribution >= 4 is 35.1 Å². The SMILES string of the molecule is C=C1CCCCCSC(N=C=S)=C1C(=O)OCC. The number of hydrogen-bond donors (Lipinski definition) is 0. The van der Waals surface area contributed by atoms with Crippen LogP contribution in [0, 0.1) is 0 Å². The average molecular weight is 283 g/mol. The molecule has 0 atom stereocenters. The van der Waals surface area contributed by atoms with Crippen molar-refractivity contribution in [1.82, 2.24) is 0 Å². The second-order valence-corrected chi connectivity index (χ2v) is 5.13. The van der Waals surface area contributed by atoms with E-state index in [0.29, 0.717) is 17.2 Å². The zero-order valence-electron chi connectivity index (χ0n) is 10.5. The van der Waals surface area contributed by atoms with Crippen molar-refractivity contribution in [3.8, 4) is 0 Å². The summed E-state index contributed by atoms with van der Waals surface area (Å²) in [6, 6.07) is 0. The molecule has 0 unspecified atom stereocenters. The van der Waals surface area contributed by atoms with E-state index in [1.54, 1.807) is 6.92 Å². The zero-order valence-corrected chi connectivity index (χ0v) is 12.2. The second kappa shape index (κ2) is 8.25. The van der Waals surface area contributed by atoms with E-state index in [-0.39, 0.29) is 5.97 Å². The molecule has 18 heavy (non-hydrogen) atoms. The number of rotatable bonds is 3. The van der Waals surface area contributed by atoms with Gasteiger partial charge in [0.1, 0.15) is 5.03 Å². The Hall–Kier alpha value is -0.900. The first-order chi connectivity index (χ1) is 8.70. The largest absolute Gasteiger partial charge is 0.462 e. The maximum absolute atomic E-state index is 12.0. The lowest BCUT2D eigenvalue weighted by Gasteiger charge is -2.11. The minimum atomic E-state index is -0.360. The first-order valence-corrected chi connectivity index (χ1v) is 7.40.